The molecular formula is C56H107NO13. The number of unbranched alkanes of at least 4 members (excludes halogenated alkanes) is 33. The molecule has 414 valence electrons. The third-order valence-electron chi connectivity index (χ3n) is 14.5. The van der Waals surface area contributed by atoms with Crippen molar-refractivity contribution in [3.8, 4) is 0 Å². The molecule has 0 aromatic carbocycles. The zero-order valence-corrected chi connectivity index (χ0v) is 44.3. The van der Waals surface area contributed by atoms with Gasteiger partial charge in [0, 0.05) is 6.42 Å². The van der Waals surface area contributed by atoms with E-state index in [0.29, 0.717) is 6.42 Å². The van der Waals surface area contributed by atoms with Gasteiger partial charge < -0.3 is 65.1 Å². The van der Waals surface area contributed by atoms with Gasteiger partial charge in [0.25, 0.3) is 0 Å². The molecule has 14 nitrogen and oxygen atoms in total. The molecule has 2 aliphatic rings. The monoisotopic (exact) mass is 1000 g/mol. The van der Waals surface area contributed by atoms with Crippen molar-refractivity contribution < 1.29 is 64.6 Å². The molecule has 0 aromatic heterocycles. The number of rotatable bonds is 46. The van der Waals surface area contributed by atoms with Crippen LogP contribution >= 0.6 is 0 Å². The molecule has 2 saturated heterocycles. The Balaban J connectivity index is 1.79. The van der Waals surface area contributed by atoms with Crippen molar-refractivity contribution in [2.45, 2.75) is 319 Å². The Hall–Kier alpha value is -1.27. The molecular weight excluding hydrogens is 895 g/mol. The van der Waals surface area contributed by atoms with Crippen LogP contribution in [0.4, 0.5) is 0 Å². The minimum absolute atomic E-state index is 0.234. The first-order valence-electron chi connectivity index (χ1n) is 28.9. The first-order valence-corrected chi connectivity index (χ1v) is 28.9. The molecule has 0 aliphatic carbocycles. The van der Waals surface area contributed by atoms with Gasteiger partial charge >= 0.3 is 0 Å². The average molecular weight is 1000 g/mol. The molecule has 0 radical (unpaired) electrons. The zero-order valence-electron chi connectivity index (χ0n) is 44.3. The predicted octanol–water partition coefficient (Wildman–Crippen LogP) is 9.11. The standard InChI is InChI=1S/C56H107NO13/c1-3-5-7-9-11-13-15-17-19-21-22-24-26-28-30-32-34-36-38-40-48(61)57-44(45(60)39-37-35-33-31-29-27-25-23-20-18-16-14-12-10-8-6-4-2)43-67-55-53(66)51(64)54(47(42-59)69-55)70-56-52(65)50(63)49(62)46(41-58)68-56/h37,39,44-47,49-56,58-60,62-66H,3-36,38,40-43H2,1-2H3,(H,57,61)/b39-37+. The largest absolute Gasteiger partial charge is 0.394 e. The predicted molar refractivity (Wildman–Crippen MR) is 277 cm³/mol. The number of amides is 1. The highest BCUT2D eigenvalue weighted by Crippen LogP contribution is 2.30. The number of carbonyl (C=O) groups excluding carboxylic acids is 1. The molecule has 0 spiro atoms. The van der Waals surface area contributed by atoms with Crippen molar-refractivity contribution in [3.05, 3.63) is 12.2 Å². The van der Waals surface area contributed by atoms with Crippen molar-refractivity contribution in [1.82, 2.24) is 5.32 Å². The molecule has 9 N–H and O–H groups in total. The molecule has 14 heteroatoms. The first-order chi connectivity index (χ1) is 34.1. The van der Waals surface area contributed by atoms with Gasteiger partial charge in [-0.1, -0.05) is 231 Å². The molecule has 0 bridgehead atoms. The van der Waals surface area contributed by atoms with Gasteiger partial charge in [-0.3, -0.25) is 4.79 Å². The van der Waals surface area contributed by atoms with Crippen LogP contribution in [0, 0.1) is 0 Å². The van der Waals surface area contributed by atoms with E-state index in [1.165, 1.54) is 180 Å². The normalized spacial score (nSPS) is 26.0. The van der Waals surface area contributed by atoms with Gasteiger partial charge in [-0.25, -0.2) is 0 Å². The van der Waals surface area contributed by atoms with Gasteiger partial charge in [-0.15, -0.1) is 0 Å². The number of ether oxygens (including phenoxy) is 4. The van der Waals surface area contributed by atoms with Crippen molar-refractivity contribution in [1.29, 1.82) is 0 Å². The van der Waals surface area contributed by atoms with Crippen LogP contribution < -0.4 is 5.32 Å². The highest BCUT2D eigenvalue weighted by molar-refractivity contribution is 5.76. The number of hydrogen-bond acceptors (Lipinski definition) is 13. The summed E-state index contributed by atoms with van der Waals surface area (Å²) in [6.45, 7) is 2.82. The first kappa shape index (κ1) is 64.8. The van der Waals surface area contributed by atoms with E-state index in [1.54, 1.807) is 6.08 Å². The molecule has 70 heavy (non-hydrogen) atoms. The van der Waals surface area contributed by atoms with Crippen molar-refractivity contribution in [3.63, 3.8) is 0 Å². The molecule has 0 aromatic rings. The second-order valence-electron chi connectivity index (χ2n) is 20.8. The molecule has 0 saturated carbocycles. The summed E-state index contributed by atoms with van der Waals surface area (Å²) in [6, 6.07) is -0.909. The SMILES string of the molecule is CCCCCCCCCCCCCCCCC/C=C/C(O)C(COC1OC(CO)C(OC2OC(CO)C(O)C(O)C2O)C(O)C1O)NC(=O)CCCCCCCCCCCCCCCCCCCCC. The lowest BCUT2D eigenvalue weighted by Crippen LogP contribution is -2.65. The summed E-state index contributed by atoms with van der Waals surface area (Å²) in [5, 5.41) is 87.0. The van der Waals surface area contributed by atoms with E-state index in [-0.39, 0.29) is 18.9 Å². The topological polar surface area (TPSA) is 228 Å². The Labute approximate surface area is 425 Å². The summed E-state index contributed by atoms with van der Waals surface area (Å²) in [7, 11) is 0. The summed E-state index contributed by atoms with van der Waals surface area (Å²) < 4.78 is 22.8. The second kappa shape index (κ2) is 43.0. The fraction of sp³-hybridized carbons (Fsp3) is 0.946. The molecule has 2 heterocycles. The Morgan fingerprint density at radius 3 is 1.31 bits per heavy atom. The third kappa shape index (κ3) is 29.0. The maximum atomic E-state index is 13.2. The van der Waals surface area contributed by atoms with Crippen molar-refractivity contribution >= 4 is 5.91 Å². The van der Waals surface area contributed by atoms with Gasteiger partial charge in [0.05, 0.1) is 32.0 Å². The van der Waals surface area contributed by atoms with E-state index in [1.807, 2.05) is 6.08 Å². The maximum absolute atomic E-state index is 13.2. The number of aliphatic hydroxyl groups is 8. The molecule has 12 unspecified atom stereocenters. The van der Waals surface area contributed by atoms with E-state index in [9.17, 15) is 45.6 Å². The van der Waals surface area contributed by atoms with Crippen LogP contribution in [0.25, 0.3) is 0 Å². The van der Waals surface area contributed by atoms with E-state index >= 15 is 0 Å². The number of hydrogen-bond donors (Lipinski definition) is 9. The quantitative estimate of drug-likeness (QED) is 0.0205. The molecule has 1 amide bonds. The van der Waals surface area contributed by atoms with Crippen LogP contribution in [0.5, 0.6) is 0 Å². The lowest BCUT2D eigenvalue weighted by molar-refractivity contribution is -0.359. The van der Waals surface area contributed by atoms with E-state index in [4.69, 9.17) is 18.9 Å². The van der Waals surface area contributed by atoms with Crippen LogP contribution in [0.2, 0.25) is 0 Å². The number of carbonyl (C=O) groups is 1. The highest BCUT2D eigenvalue weighted by atomic mass is 16.7. The number of allylic oxidation sites excluding steroid dienone is 1. The average Bonchev–Trinajstić information content (AvgIpc) is 3.36. The van der Waals surface area contributed by atoms with E-state index in [2.05, 4.69) is 19.2 Å². The van der Waals surface area contributed by atoms with Crippen LogP contribution in [0.1, 0.15) is 245 Å². The van der Waals surface area contributed by atoms with Gasteiger partial charge in [0.15, 0.2) is 12.6 Å². The van der Waals surface area contributed by atoms with Crippen LogP contribution in [0.15, 0.2) is 12.2 Å². The molecule has 2 fully saturated rings. The Kier molecular flexibility index (Phi) is 39.9. The number of aliphatic hydroxyl groups excluding tert-OH is 8. The summed E-state index contributed by atoms with van der Waals surface area (Å²) in [5.74, 6) is -0.234. The zero-order chi connectivity index (χ0) is 51.0. The Morgan fingerprint density at radius 2 is 0.886 bits per heavy atom. The summed E-state index contributed by atoms with van der Waals surface area (Å²) >= 11 is 0. The fourth-order valence-electron chi connectivity index (χ4n) is 9.76. The van der Waals surface area contributed by atoms with Crippen LogP contribution in [-0.4, -0.2) is 140 Å². The fourth-order valence-corrected chi connectivity index (χ4v) is 9.76. The third-order valence-corrected chi connectivity index (χ3v) is 14.5. The second-order valence-corrected chi connectivity index (χ2v) is 20.8. The summed E-state index contributed by atoms with van der Waals surface area (Å²) in [6.07, 6.45) is 31.0. The van der Waals surface area contributed by atoms with Crippen LogP contribution in [0.3, 0.4) is 0 Å². The molecule has 2 aliphatic heterocycles. The lowest BCUT2D eigenvalue weighted by Gasteiger charge is -2.46. The highest BCUT2D eigenvalue weighted by Gasteiger charge is 2.51. The van der Waals surface area contributed by atoms with E-state index in [0.717, 1.165) is 38.5 Å². The van der Waals surface area contributed by atoms with Gasteiger partial charge in [0.2, 0.25) is 5.91 Å². The minimum Gasteiger partial charge on any atom is -0.394 e. The number of nitrogens with one attached hydrogen (secondary N) is 1. The summed E-state index contributed by atoms with van der Waals surface area (Å²) in [5.41, 5.74) is 0. The molecule has 2 rings (SSSR count). The lowest BCUT2D eigenvalue weighted by atomic mass is 9.97. The molecule has 12 atom stereocenters. The van der Waals surface area contributed by atoms with Crippen LogP contribution in [-0.2, 0) is 23.7 Å². The summed E-state index contributed by atoms with van der Waals surface area (Å²) in [4.78, 5) is 13.2. The Bertz CT molecular complexity index is 1230. The Morgan fingerprint density at radius 1 is 0.500 bits per heavy atom. The smallest absolute Gasteiger partial charge is 0.220 e. The van der Waals surface area contributed by atoms with Gasteiger partial charge in [-0.05, 0) is 19.3 Å². The van der Waals surface area contributed by atoms with Gasteiger partial charge in [-0.2, -0.15) is 0 Å². The maximum Gasteiger partial charge on any atom is 0.220 e. The van der Waals surface area contributed by atoms with Crippen molar-refractivity contribution in [2.75, 3.05) is 19.8 Å². The van der Waals surface area contributed by atoms with Crippen molar-refractivity contribution in [2.24, 2.45) is 0 Å². The van der Waals surface area contributed by atoms with E-state index < -0.39 is 86.8 Å². The van der Waals surface area contributed by atoms with Gasteiger partial charge in [0.1, 0.15) is 48.8 Å². The minimum atomic E-state index is -1.78.